The van der Waals surface area contributed by atoms with Crippen molar-refractivity contribution in [1.29, 1.82) is 5.26 Å². The normalized spacial score (nSPS) is 10.9. The summed E-state index contributed by atoms with van der Waals surface area (Å²) in [6, 6.07) is 1.60. The maximum atomic E-state index is 10.3. The highest BCUT2D eigenvalue weighted by Gasteiger charge is 2.03. The van der Waals surface area contributed by atoms with E-state index in [9.17, 15) is 4.79 Å². The van der Waals surface area contributed by atoms with Crippen LogP contribution in [0, 0.1) is 11.3 Å². The van der Waals surface area contributed by atoms with Crippen LogP contribution in [0.25, 0.3) is 0 Å². The highest BCUT2D eigenvalue weighted by atomic mass is 16.5. The molecule has 0 unspecified atom stereocenters. The fourth-order valence-electron chi connectivity index (χ4n) is 0.714. The van der Waals surface area contributed by atoms with Gasteiger partial charge in [0.2, 0.25) is 0 Å². The van der Waals surface area contributed by atoms with Crippen molar-refractivity contribution in [2.24, 2.45) is 0 Å². The Kier molecular flexibility index (Phi) is 6.56. The molecule has 0 rings (SSSR count). The third kappa shape index (κ3) is 5.88. The molecule has 0 aromatic carbocycles. The molecular formula is C9H13NO3. The molecule has 0 spiro atoms. The first kappa shape index (κ1) is 11.7. The van der Waals surface area contributed by atoms with E-state index in [4.69, 9.17) is 15.1 Å². The molecule has 4 nitrogen and oxygen atoms in total. The number of hydrogen-bond acceptors (Lipinski definition) is 3. The van der Waals surface area contributed by atoms with Crippen LogP contribution in [0.1, 0.15) is 19.8 Å². The first-order chi connectivity index (χ1) is 6.22. The van der Waals surface area contributed by atoms with E-state index in [1.165, 1.54) is 6.08 Å². The number of ether oxygens (including phenoxy) is 1. The van der Waals surface area contributed by atoms with E-state index in [-0.39, 0.29) is 5.57 Å². The van der Waals surface area contributed by atoms with E-state index in [0.717, 1.165) is 6.42 Å². The summed E-state index contributed by atoms with van der Waals surface area (Å²) >= 11 is 0. The van der Waals surface area contributed by atoms with Gasteiger partial charge >= 0.3 is 5.97 Å². The Labute approximate surface area is 77.4 Å². The van der Waals surface area contributed by atoms with Crippen LogP contribution in [-0.2, 0) is 9.53 Å². The Morgan fingerprint density at radius 1 is 1.62 bits per heavy atom. The number of nitriles is 1. The van der Waals surface area contributed by atoms with E-state index in [2.05, 4.69) is 0 Å². The van der Waals surface area contributed by atoms with Gasteiger partial charge in [-0.05, 0) is 12.8 Å². The number of nitrogens with zero attached hydrogens (tertiary/aromatic N) is 1. The molecule has 0 saturated carbocycles. The van der Waals surface area contributed by atoms with E-state index < -0.39 is 5.97 Å². The molecule has 0 aliphatic rings. The van der Waals surface area contributed by atoms with Gasteiger partial charge < -0.3 is 9.84 Å². The fraction of sp³-hybridized carbons (Fsp3) is 0.556. The van der Waals surface area contributed by atoms with E-state index in [0.29, 0.717) is 19.6 Å². The molecule has 0 aromatic heterocycles. The van der Waals surface area contributed by atoms with Gasteiger partial charge in [-0.25, -0.2) is 4.79 Å². The summed E-state index contributed by atoms with van der Waals surface area (Å²) in [5, 5.41) is 16.8. The molecule has 0 heterocycles. The number of carboxylic acids is 1. The van der Waals surface area contributed by atoms with Crippen LogP contribution in [0.5, 0.6) is 0 Å². The van der Waals surface area contributed by atoms with Crippen LogP contribution < -0.4 is 0 Å². The summed E-state index contributed by atoms with van der Waals surface area (Å²) in [5.74, 6) is -1.18. The van der Waals surface area contributed by atoms with Crippen molar-refractivity contribution in [2.75, 3.05) is 13.2 Å². The van der Waals surface area contributed by atoms with Gasteiger partial charge in [0.25, 0.3) is 0 Å². The molecule has 0 amide bonds. The minimum atomic E-state index is -1.18. The standard InChI is InChI=1S/C9H13NO3/c1-2-5-13-6-3-4-8(7-10)9(11)12/h4H,2-3,5-6H2,1H3,(H,11,12). The predicted octanol–water partition coefficient (Wildman–Crippen LogP) is 1.34. The summed E-state index contributed by atoms with van der Waals surface area (Å²) in [6.45, 7) is 3.13. The van der Waals surface area contributed by atoms with Crippen LogP contribution in [0.3, 0.4) is 0 Å². The van der Waals surface area contributed by atoms with Crippen molar-refractivity contribution in [3.8, 4) is 6.07 Å². The van der Waals surface area contributed by atoms with Gasteiger partial charge in [0.05, 0.1) is 6.61 Å². The second kappa shape index (κ2) is 7.32. The molecule has 0 aliphatic heterocycles. The molecule has 0 bridgehead atoms. The highest BCUT2D eigenvalue weighted by Crippen LogP contribution is 1.96. The lowest BCUT2D eigenvalue weighted by Crippen LogP contribution is -1.99. The summed E-state index contributed by atoms with van der Waals surface area (Å²) in [5.41, 5.74) is -0.222. The average molecular weight is 183 g/mol. The molecule has 0 radical (unpaired) electrons. The van der Waals surface area contributed by atoms with Crippen molar-refractivity contribution in [1.82, 2.24) is 0 Å². The summed E-state index contributed by atoms with van der Waals surface area (Å²) in [6.07, 6.45) is 2.78. The van der Waals surface area contributed by atoms with Crippen LogP contribution in [0.15, 0.2) is 11.6 Å². The Morgan fingerprint density at radius 2 is 2.31 bits per heavy atom. The summed E-state index contributed by atoms with van der Waals surface area (Å²) in [4.78, 5) is 10.3. The minimum absolute atomic E-state index is 0.222. The quantitative estimate of drug-likeness (QED) is 0.383. The Bertz CT molecular complexity index is 228. The zero-order valence-corrected chi connectivity index (χ0v) is 7.62. The van der Waals surface area contributed by atoms with Gasteiger partial charge in [-0.1, -0.05) is 13.0 Å². The van der Waals surface area contributed by atoms with Crippen LogP contribution in [-0.4, -0.2) is 24.3 Å². The summed E-state index contributed by atoms with van der Waals surface area (Å²) < 4.78 is 5.11. The van der Waals surface area contributed by atoms with E-state index in [1.807, 2.05) is 6.92 Å². The molecule has 0 atom stereocenters. The topological polar surface area (TPSA) is 70.3 Å². The fourth-order valence-corrected chi connectivity index (χ4v) is 0.714. The number of carbonyl (C=O) groups is 1. The van der Waals surface area contributed by atoms with Crippen molar-refractivity contribution < 1.29 is 14.6 Å². The Balaban J connectivity index is 3.70. The average Bonchev–Trinajstić information content (AvgIpc) is 2.10. The third-order valence-electron chi connectivity index (χ3n) is 1.31. The second-order valence-electron chi connectivity index (χ2n) is 2.44. The molecular weight excluding hydrogens is 170 g/mol. The largest absolute Gasteiger partial charge is 0.477 e. The van der Waals surface area contributed by atoms with Gasteiger partial charge in [-0.15, -0.1) is 0 Å². The maximum absolute atomic E-state index is 10.3. The first-order valence-electron chi connectivity index (χ1n) is 4.13. The SMILES string of the molecule is CCCOCCC=C(C#N)C(=O)O. The molecule has 0 aromatic rings. The lowest BCUT2D eigenvalue weighted by Gasteiger charge is -1.97. The third-order valence-corrected chi connectivity index (χ3v) is 1.31. The van der Waals surface area contributed by atoms with Gasteiger partial charge in [-0.2, -0.15) is 5.26 Å². The Morgan fingerprint density at radius 3 is 2.77 bits per heavy atom. The predicted molar refractivity (Wildman–Crippen MR) is 47.1 cm³/mol. The maximum Gasteiger partial charge on any atom is 0.346 e. The van der Waals surface area contributed by atoms with Gasteiger partial charge in [0.1, 0.15) is 11.6 Å². The second-order valence-corrected chi connectivity index (χ2v) is 2.44. The lowest BCUT2D eigenvalue weighted by molar-refractivity contribution is -0.132. The molecule has 0 saturated heterocycles. The first-order valence-corrected chi connectivity index (χ1v) is 4.13. The van der Waals surface area contributed by atoms with Crippen molar-refractivity contribution >= 4 is 5.97 Å². The molecule has 0 fully saturated rings. The number of hydrogen-bond donors (Lipinski definition) is 1. The van der Waals surface area contributed by atoms with E-state index in [1.54, 1.807) is 6.07 Å². The monoisotopic (exact) mass is 183 g/mol. The van der Waals surface area contributed by atoms with Gasteiger partial charge in [0, 0.05) is 6.61 Å². The van der Waals surface area contributed by atoms with Crippen molar-refractivity contribution in [2.45, 2.75) is 19.8 Å². The van der Waals surface area contributed by atoms with E-state index >= 15 is 0 Å². The van der Waals surface area contributed by atoms with Gasteiger partial charge in [-0.3, -0.25) is 0 Å². The number of aliphatic carboxylic acids is 1. The molecule has 72 valence electrons. The molecule has 13 heavy (non-hydrogen) atoms. The number of carboxylic acid groups (broad SMARTS) is 1. The van der Waals surface area contributed by atoms with Crippen molar-refractivity contribution in [3.63, 3.8) is 0 Å². The molecule has 4 heteroatoms. The Hall–Kier alpha value is -1.34. The zero-order chi connectivity index (χ0) is 10.1. The van der Waals surface area contributed by atoms with Crippen LogP contribution in [0.2, 0.25) is 0 Å². The smallest absolute Gasteiger partial charge is 0.346 e. The number of rotatable bonds is 6. The lowest BCUT2D eigenvalue weighted by atomic mass is 10.2. The van der Waals surface area contributed by atoms with Crippen LogP contribution >= 0.6 is 0 Å². The molecule has 0 aliphatic carbocycles. The zero-order valence-electron chi connectivity index (χ0n) is 7.62. The minimum Gasteiger partial charge on any atom is -0.477 e. The van der Waals surface area contributed by atoms with Gasteiger partial charge in [0.15, 0.2) is 0 Å². The highest BCUT2D eigenvalue weighted by molar-refractivity contribution is 5.90. The van der Waals surface area contributed by atoms with Crippen LogP contribution in [0.4, 0.5) is 0 Å². The van der Waals surface area contributed by atoms with Crippen molar-refractivity contribution in [3.05, 3.63) is 11.6 Å². The molecule has 1 N–H and O–H groups in total. The summed E-state index contributed by atoms with van der Waals surface area (Å²) in [7, 11) is 0.